The molecule has 0 spiro atoms. The first-order valence-electron chi connectivity index (χ1n) is 9.50. The molecule has 1 aliphatic heterocycles. The molecule has 3 heterocycles. The number of nitrogens with one attached hydrogen (secondary N) is 1. The average molecular weight is 396 g/mol. The van der Waals surface area contributed by atoms with Gasteiger partial charge in [-0.05, 0) is 46.8 Å². The number of pyridine rings is 1. The summed E-state index contributed by atoms with van der Waals surface area (Å²) >= 11 is 1.70. The second kappa shape index (κ2) is 9.19. The van der Waals surface area contributed by atoms with E-state index in [1.54, 1.807) is 18.4 Å². The van der Waals surface area contributed by atoms with Crippen molar-refractivity contribution in [2.45, 2.75) is 19.2 Å². The Morgan fingerprint density at radius 2 is 2.07 bits per heavy atom. The number of piperazine rings is 1. The van der Waals surface area contributed by atoms with Crippen molar-refractivity contribution in [3.05, 3.63) is 76.2 Å². The average Bonchev–Trinajstić information content (AvgIpc) is 3.27. The van der Waals surface area contributed by atoms with Gasteiger partial charge in [0.15, 0.2) is 11.5 Å². The Bertz CT molecular complexity index is 871. The lowest BCUT2D eigenvalue weighted by Gasteiger charge is -2.36. The third-order valence-electron chi connectivity index (χ3n) is 5.01. The largest absolute Gasteiger partial charge is 0.493 e. The van der Waals surface area contributed by atoms with E-state index in [9.17, 15) is 0 Å². The standard InChI is InChI=1S/C22H25N3O2S/c1-26-22-13-17(4-5-21(22)27-16-19-3-2-12-28-19)15-25-11-10-24-14-20(25)18-6-8-23-9-7-18/h2-9,12-13,20,24H,10-11,14-16H2,1H3. The molecule has 28 heavy (non-hydrogen) atoms. The number of aromatic nitrogens is 1. The Kier molecular flexibility index (Phi) is 6.21. The van der Waals surface area contributed by atoms with E-state index in [0.29, 0.717) is 12.6 Å². The Balaban J connectivity index is 1.47. The van der Waals surface area contributed by atoms with E-state index in [1.807, 2.05) is 24.5 Å². The van der Waals surface area contributed by atoms with Crippen molar-refractivity contribution >= 4 is 11.3 Å². The Labute approximate surface area is 169 Å². The van der Waals surface area contributed by atoms with E-state index in [0.717, 1.165) is 37.7 Å². The van der Waals surface area contributed by atoms with Crippen molar-refractivity contribution in [3.8, 4) is 11.5 Å². The molecular weight excluding hydrogens is 370 g/mol. The third-order valence-corrected chi connectivity index (χ3v) is 5.86. The first kappa shape index (κ1) is 18.9. The van der Waals surface area contributed by atoms with Crippen LogP contribution in [0, 0.1) is 0 Å². The monoisotopic (exact) mass is 395 g/mol. The van der Waals surface area contributed by atoms with E-state index < -0.39 is 0 Å². The highest BCUT2D eigenvalue weighted by atomic mass is 32.1. The Morgan fingerprint density at radius 3 is 2.86 bits per heavy atom. The van der Waals surface area contributed by atoms with Crippen LogP contribution in [0.1, 0.15) is 22.0 Å². The van der Waals surface area contributed by atoms with Crippen LogP contribution in [-0.4, -0.2) is 36.6 Å². The number of hydrogen-bond donors (Lipinski definition) is 1. The molecule has 4 rings (SSSR count). The summed E-state index contributed by atoms with van der Waals surface area (Å²) in [5.41, 5.74) is 2.52. The quantitative estimate of drug-likeness (QED) is 0.658. The van der Waals surface area contributed by atoms with Crippen LogP contribution in [0.4, 0.5) is 0 Å². The first-order chi connectivity index (χ1) is 13.8. The summed E-state index contributed by atoms with van der Waals surface area (Å²) in [4.78, 5) is 7.86. The van der Waals surface area contributed by atoms with Gasteiger partial charge in [0.05, 0.1) is 7.11 Å². The highest BCUT2D eigenvalue weighted by Crippen LogP contribution is 2.31. The number of hydrogen-bond acceptors (Lipinski definition) is 6. The third kappa shape index (κ3) is 4.52. The number of ether oxygens (including phenoxy) is 2. The number of rotatable bonds is 7. The molecule has 0 bridgehead atoms. The van der Waals surface area contributed by atoms with Gasteiger partial charge in [0.2, 0.25) is 0 Å². The highest BCUT2D eigenvalue weighted by molar-refractivity contribution is 7.09. The van der Waals surface area contributed by atoms with Crippen molar-refractivity contribution in [2.24, 2.45) is 0 Å². The highest BCUT2D eigenvalue weighted by Gasteiger charge is 2.24. The molecule has 1 saturated heterocycles. The molecule has 0 radical (unpaired) electrons. The fraction of sp³-hybridized carbons (Fsp3) is 0.318. The molecule has 1 fully saturated rings. The Morgan fingerprint density at radius 1 is 1.18 bits per heavy atom. The summed E-state index contributed by atoms with van der Waals surface area (Å²) in [5.74, 6) is 1.57. The number of benzene rings is 1. The van der Waals surface area contributed by atoms with Gasteiger partial charge in [0, 0.05) is 49.5 Å². The van der Waals surface area contributed by atoms with E-state index >= 15 is 0 Å². The molecule has 146 valence electrons. The summed E-state index contributed by atoms with van der Waals surface area (Å²) in [6.07, 6.45) is 3.73. The smallest absolute Gasteiger partial charge is 0.161 e. The molecule has 6 heteroatoms. The lowest BCUT2D eigenvalue weighted by Crippen LogP contribution is -2.45. The molecule has 5 nitrogen and oxygen atoms in total. The van der Waals surface area contributed by atoms with Gasteiger partial charge in [0.1, 0.15) is 6.61 Å². The van der Waals surface area contributed by atoms with Crippen LogP contribution in [0.3, 0.4) is 0 Å². The van der Waals surface area contributed by atoms with Gasteiger partial charge in [-0.3, -0.25) is 9.88 Å². The van der Waals surface area contributed by atoms with E-state index in [2.05, 4.69) is 50.9 Å². The maximum Gasteiger partial charge on any atom is 0.161 e. The molecule has 0 aliphatic carbocycles. The minimum Gasteiger partial charge on any atom is -0.493 e. The van der Waals surface area contributed by atoms with Gasteiger partial charge in [-0.25, -0.2) is 0 Å². The summed E-state index contributed by atoms with van der Waals surface area (Å²) in [6.45, 7) is 4.39. The SMILES string of the molecule is COc1cc(CN2CCNCC2c2ccncc2)ccc1OCc1cccs1. The molecule has 1 aromatic carbocycles. The number of nitrogens with zero attached hydrogens (tertiary/aromatic N) is 2. The van der Waals surface area contributed by atoms with Gasteiger partial charge < -0.3 is 14.8 Å². The topological polar surface area (TPSA) is 46.6 Å². The molecule has 1 aliphatic rings. The zero-order chi connectivity index (χ0) is 19.2. The summed E-state index contributed by atoms with van der Waals surface area (Å²) in [6, 6.07) is 14.9. The predicted molar refractivity (Wildman–Crippen MR) is 112 cm³/mol. The van der Waals surface area contributed by atoms with Crippen molar-refractivity contribution < 1.29 is 9.47 Å². The van der Waals surface area contributed by atoms with E-state index in [4.69, 9.17) is 9.47 Å². The molecule has 2 aromatic heterocycles. The van der Waals surface area contributed by atoms with Crippen LogP contribution < -0.4 is 14.8 Å². The van der Waals surface area contributed by atoms with Gasteiger partial charge in [-0.1, -0.05) is 12.1 Å². The minimum atomic E-state index is 0.345. The van der Waals surface area contributed by atoms with Crippen molar-refractivity contribution in [2.75, 3.05) is 26.7 Å². The fourth-order valence-corrected chi connectivity index (χ4v) is 4.17. The zero-order valence-electron chi connectivity index (χ0n) is 16.0. The number of methoxy groups -OCH3 is 1. The van der Waals surface area contributed by atoms with Crippen LogP contribution in [0.15, 0.2) is 60.2 Å². The first-order valence-corrected chi connectivity index (χ1v) is 10.4. The maximum absolute atomic E-state index is 5.96. The maximum atomic E-state index is 5.96. The van der Waals surface area contributed by atoms with Gasteiger partial charge in [-0.2, -0.15) is 0 Å². The summed E-state index contributed by atoms with van der Waals surface area (Å²) in [5, 5.41) is 5.57. The molecular formula is C22H25N3O2S. The normalized spacial score (nSPS) is 17.4. The van der Waals surface area contributed by atoms with Gasteiger partial charge in [-0.15, -0.1) is 11.3 Å². The predicted octanol–water partition coefficient (Wildman–Crippen LogP) is 3.88. The molecule has 1 N–H and O–H groups in total. The van der Waals surface area contributed by atoms with Gasteiger partial charge in [0.25, 0.3) is 0 Å². The van der Waals surface area contributed by atoms with Crippen LogP contribution in [0.2, 0.25) is 0 Å². The van der Waals surface area contributed by atoms with E-state index in [1.165, 1.54) is 16.0 Å². The lowest BCUT2D eigenvalue weighted by atomic mass is 10.0. The lowest BCUT2D eigenvalue weighted by molar-refractivity contribution is 0.153. The van der Waals surface area contributed by atoms with E-state index in [-0.39, 0.29) is 0 Å². The molecule has 1 unspecified atom stereocenters. The number of thiophene rings is 1. The van der Waals surface area contributed by atoms with Crippen molar-refractivity contribution in [1.82, 2.24) is 15.2 Å². The summed E-state index contributed by atoms with van der Waals surface area (Å²) in [7, 11) is 1.70. The van der Waals surface area contributed by atoms with Crippen LogP contribution >= 0.6 is 11.3 Å². The summed E-state index contributed by atoms with van der Waals surface area (Å²) < 4.78 is 11.6. The zero-order valence-corrected chi connectivity index (χ0v) is 16.8. The second-order valence-electron chi connectivity index (χ2n) is 6.82. The molecule has 3 aromatic rings. The van der Waals surface area contributed by atoms with Crippen LogP contribution in [-0.2, 0) is 13.2 Å². The molecule has 1 atom stereocenters. The van der Waals surface area contributed by atoms with Crippen LogP contribution in [0.5, 0.6) is 11.5 Å². The minimum absolute atomic E-state index is 0.345. The fourth-order valence-electron chi connectivity index (χ4n) is 3.56. The second-order valence-corrected chi connectivity index (χ2v) is 7.86. The van der Waals surface area contributed by atoms with Gasteiger partial charge >= 0.3 is 0 Å². The Hall–Kier alpha value is -2.41. The van der Waals surface area contributed by atoms with Crippen molar-refractivity contribution in [3.63, 3.8) is 0 Å². The van der Waals surface area contributed by atoms with Crippen molar-refractivity contribution in [1.29, 1.82) is 0 Å². The molecule has 0 saturated carbocycles. The van der Waals surface area contributed by atoms with Crippen LogP contribution in [0.25, 0.3) is 0 Å². The molecule has 0 amide bonds.